The molecule has 3 aromatic carbocycles. The SMILES string of the molecule is CC(=NNc1c(F)c(F)cc(F)c1F)c1ccc2ccccc2c1. The molecular formula is C18H12F4N2. The van der Waals surface area contributed by atoms with Crippen LogP contribution in [0.5, 0.6) is 0 Å². The van der Waals surface area contributed by atoms with E-state index < -0.39 is 29.0 Å². The van der Waals surface area contributed by atoms with Gasteiger partial charge in [0, 0.05) is 6.07 Å². The zero-order valence-electron chi connectivity index (χ0n) is 12.6. The Morgan fingerprint density at radius 3 is 2.12 bits per heavy atom. The molecule has 0 unspecified atom stereocenters. The first-order valence-corrected chi connectivity index (χ1v) is 7.10. The van der Waals surface area contributed by atoms with Crippen molar-refractivity contribution in [2.45, 2.75) is 6.92 Å². The second kappa shape index (κ2) is 6.31. The van der Waals surface area contributed by atoms with Crippen molar-refractivity contribution in [3.8, 4) is 0 Å². The van der Waals surface area contributed by atoms with E-state index in [1.54, 1.807) is 13.0 Å². The summed E-state index contributed by atoms with van der Waals surface area (Å²) in [7, 11) is 0. The third-order valence-corrected chi connectivity index (χ3v) is 3.61. The molecule has 0 aliphatic rings. The number of anilines is 1. The molecule has 122 valence electrons. The van der Waals surface area contributed by atoms with Crippen molar-refractivity contribution >= 4 is 22.2 Å². The second-order valence-corrected chi connectivity index (χ2v) is 5.21. The predicted molar refractivity (Wildman–Crippen MR) is 86.1 cm³/mol. The van der Waals surface area contributed by atoms with Crippen LogP contribution in [-0.2, 0) is 0 Å². The minimum absolute atomic E-state index is 0.149. The summed E-state index contributed by atoms with van der Waals surface area (Å²) in [6.45, 7) is 1.61. The largest absolute Gasteiger partial charge is 0.272 e. The van der Waals surface area contributed by atoms with Gasteiger partial charge >= 0.3 is 0 Å². The Balaban J connectivity index is 1.94. The van der Waals surface area contributed by atoms with Gasteiger partial charge in [-0.1, -0.05) is 36.4 Å². The molecule has 0 radical (unpaired) electrons. The molecule has 0 saturated heterocycles. The van der Waals surface area contributed by atoms with Crippen molar-refractivity contribution < 1.29 is 17.6 Å². The summed E-state index contributed by atoms with van der Waals surface area (Å²) in [6.07, 6.45) is 0. The van der Waals surface area contributed by atoms with Crippen LogP contribution >= 0.6 is 0 Å². The molecule has 0 saturated carbocycles. The Labute approximate surface area is 135 Å². The smallest absolute Gasteiger partial charge is 0.186 e. The molecule has 2 nitrogen and oxygen atoms in total. The highest BCUT2D eigenvalue weighted by molar-refractivity contribution is 6.02. The van der Waals surface area contributed by atoms with Gasteiger partial charge in [0.25, 0.3) is 0 Å². The van der Waals surface area contributed by atoms with E-state index in [9.17, 15) is 17.6 Å². The monoisotopic (exact) mass is 332 g/mol. The zero-order chi connectivity index (χ0) is 17.3. The van der Waals surface area contributed by atoms with Crippen LogP contribution in [0.3, 0.4) is 0 Å². The van der Waals surface area contributed by atoms with Crippen molar-refractivity contribution in [1.29, 1.82) is 0 Å². The van der Waals surface area contributed by atoms with Crippen molar-refractivity contribution in [1.82, 2.24) is 0 Å². The highest BCUT2D eigenvalue weighted by Gasteiger charge is 2.18. The molecule has 0 spiro atoms. The Morgan fingerprint density at radius 2 is 1.46 bits per heavy atom. The minimum atomic E-state index is -1.52. The summed E-state index contributed by atoms with van der Waals surface area (Å²) in [4.78, 5) is 0. The van der Waals surface area contributed by atoms with Crippen LogP contribution in [0.25, 0.3) is 10.8 Å². The Kier molecular flexibility index (Phi) is 4.20. The van der Waals surface area contributed by atoms with E-state index in [4.69, 9.17) is 0 Å². The molecular weight excluding hydrogens is 320 g/mol. The molecule has 0 atom stereocenters. The van der Waals surface area contributed by atoms with E-state index in [-0.39, 0.29) is 6.07 Å². The average Bonchev–Trinajstić information content (AvgIpc) is 2.59. The summed E-state index contributed by atoms with van der Waals surface area (Å²) in [6, 6.07) is 13.3. The number of fused-ring (bicyclic) bond motifs is 1. The lowest BCUT2D eigenvalue weighted by Gasteiger charge is -2.08. The van der Waals surface area contributed by atoms with Gasteiger partial charge in [-0.05, 0) is 29.3 Å². The van der Waals surface area contributed by atoms with Crippen LogP contribution in [0.15, 0.2) is 53.6 Å². The van der Waals surface area contributed by atoms with Crippen LogP contribution in [-0.4, -0.2) is 5.71 Å². The van der Waals surface area contributed by atoms with Gasteiger partial charge in [0.1, 0.15) is 5.69 Å². The van der Waals surface area contributed by atoms with E-state index in [0.717, 1.165) is 10.8 Å². The van der Waals surface area contributed by atoms with E-state index in [0.29, 0.717) is 11.3 Å². The summed E-state index contributed by atoms with van der Waals surface area (Å²) >= 11 is 0. The van der Waals surface area contributed by atoms with Crippen molar-refractivity contribution in [3.63, 3.8) is 0 Å². The maximum atomic E-state index is 13.6. The zero-order valence-corrected chi connectivity index (χ0v) is 12.6. The maximum absolute atomic E-state index is 13.6. The molecule has 3 aromatic rings. The first kappa shape index (κ1) is 16.0. The molecule has 0 aliphatic heterocycles. The molecule has 0 heterocycles. The van der Waals surface area contributed by atoms with Gasteiger partial charge in [-0.3, -0.25) is 5.43 Å². The number of nitrogens with zero attached hydrogens (tertiary/aromatic N) is 1. The van der Waals surface area contributed by atoms with Crippen molar-refractivity contribution in [2.24, 2.45) is 5.10 Å². The Bertz CT molecular complexity index is 925. The summed E-state index contributed by atoms with van der Waals surface area (Å²) < 4.78 is 53.5. The molecule has 0 fully saturated rings. The number of benzene rings is 3. The van der Waals surface area contributed by atoms with Gasteiger partial charge in [0.05, 0.1) is 5.71 Å². The Hall–Kier alpha value is -2.89. The summed E-state index contributed by atoms with van der Waals surface area (Å²) in [5, 5.41) is 5.83. The molecule has 24 heavy (non-hydrogen) atoms. The van der Waals surface area contributed by atoms with E-state index in [2.05, 4.69) is 10.5 Å². The number of hydrazone groups is 1. The molecule has 0 amide bonds. The van der Waals surface area contributed by atoms with E-state index in [1.165, 1.54) is 0 Å². The molecule has 1 N–H and O–H groups in total. The third-order valence-electron chi connectivity index (χ3n) is 3.61. The fourth-order valence-electron chi connectivity index (χ4n) is 2.29. The number of hydrogen-bond donors (Lipinski definition) is 1. The lowest BCUT2D eigenvalue weighted by Crippen LogP contribution is -2.05. The van der Waals surface area contributed by atoms with Crippen molar-refractivity contribution in [3.05, 3.63) is 77.4 Å². The van der Waals surface area contributed by atoms with Crippen LogP contribution in [0, 0.1) is 23.3 Å². The standard InChI is InChI=1S/C18H12F4N2/c1-10(12-7-6-11-4-2-3-5-13(11)8-12)23-24-18-16(21)14(19)9-15(20)17(18)22/h2-9,24H,1H3. The van der Waals surface area contributed by atoms with Gasteiger partial charge in [0.2, 0.25) is 0 Å². The molecule has 0 aromatic heterocycles. The van der Waals surface area contributed by atoms with Crippen molar-refractivity contribution in [2.75, 3.05) is 5.43 Å². The lowest BCUT2D eigenvalue weighted by molar-refractivity contribution is 0.458. The number of rotatable bonds is 3. The fraction of sp³-hybridized carbons (Fsp3) is 0.0556. The fourth-order valence-corrected chi connectivity index (χ4v) is 2.29. The lowest BCUT2D eigenvalue weighted by atomic mass is 10.0. The topological polar surface area (TPSA) is 24.4 Å². The minimum Gasteiger partial charge on any atom is -0.272 e. The first-order valence-electron chi connectivity index (χ1n) is 7.10. The van der Waals surface area contributed by atoms with Gasteiger partial charge in [-0.2, -0.15) is 5.10 Å². The highest BCUT2D eigenvalue weighted by atomic mass is 19.2. The first-order chi connectivity index (χ1) is 11.5. The average molecular weight is 332 g/mol. The van der Waals surface area contributed by atoms with Gasteiger partial charge < -0.3 is 0 Å². The van der Waals surface area contributed by atoms with E-state index in [1.807, 2.05) is 36.4 Å². The molecule has 6 heteroatoms. The molecule has 3 rings (SSSR count). The van der Waals surface area contributed by atoms with Gasteiger partial charge in [-0.15, -0.1) is 0 Å². The van der Waals surface area contributed by atoms with Crippen LogP contribution in [0.1, 0.15) is 12.5 Å². The third kappa shape index (κ3) is 2.95. The number of halogens is 4. The predicted octanol–water partition coefficient (Wildman–Crippen LogP) is 5.23. The van der Waals surface area contributed by atoms with Gasteiger partial charge in [-0.25, -0.2) is 17.6 Å². The second-order valence-electron chi connectivity index (χ2n) is 5.21. The quantitative estimate of drug-likeness (QED) is 0.302. The Morgan fingerprint density at radius 1 is 0.833 bits per heavy atom. The summed E-state index contributed by atoms with van der Waals surface area (Å²) in [5.74, 6) is -6.03. The van der Waals surface area contributed by atoms with Crippen LogP contribution < -0.4 is 5.43 Å². The number of hydrogen-bond acceptors (Lipinski definition) is 2. The number of nitrogens with one attached hydrogen (secondary N) is 1. The van der Waals surface area contributed by atoms with Crippen LogP contribution in [0.4, 0.5) is 23.2 Å². The normalized spacial score (nSPS) is 11.8. The summed E-state index contributed by atoms with van der Waals surface area (Å²) in [5.41, 5.74) is 2.22. The molecule has 0 bridgehead atoms. The highest BCUT2D eigenvalue weighted by Crippen LogP contribution is 2.24. The molecule has 0 aliphatic carbocycles. The maximum Gasteiger partial charge on any atom is 0.186 e. The van der Waals surface area contributed by atoms with Crippen LogP contribution in [0.2, 0.25) is 0 Å². The van der Waals surface area contributed by atoms with E-state index >= 15 is 0 Å². The van der Waals surface area contributed by atoms with Gasteiger partial charge in [0.15, 0.2) is 23.3 Å².